The van der Waals surface area contributed by atoms with Crippen molar-refractivity contribution in [2.75, 3.05) is 14.1 Å². The van der Waals surface area contributed by atoms with Gasteiger partial charge in [0, 0.05) is 46.4 Å². The molecule has 6 aliphatic heterocycles. The molecule has 0 unspecified atom stereocenters. The summed E-state index contributed by atoms with van der Waals surface area (Å²) in [4.78, 5) is 192. The van der Waals surface area contributed by atoms with Crippen molar-refractivity contribution < 1.29 is 57.5 Å². The first-order valence-corrected chi connectivity index (χ1v) is 39.4. The Balaban J connectivity index is 0.747. The summed E-state index contributed by atoms with van der Waals surface area (Å²) in [6.45, 7) is 45.2. The van der Waals surface area contributed by atoms with Crippen LogP contribution < -0.4 is 0 Å². The lowest BCUT2D eigenvalue weighted by atomic mass is 9.73. The first-order chi connectivity index (χ1) is 54.6. The molecule has 0 aliphatic carbocycles. The lowest BCUT2D eigenvalue weighted by Gasteiger charge is -2.41. The molecule has 572 valence electrons. The Bertz CT molecular complexity index is 7130. The van der Waals surface area contributed by atoms with E-state index >= 15 is 38.4 Å². The summed E-state index contributed by atoms with van der Waals surface area (Å²) in [5.74, 6) is -8.56. The predicted octanol–water partition coefficient (Wildman–Crippen LogP) is 19.3. The minimum Gasteiger partial charge on any atom is -0.277 e. The second kappa shape index (κ2) is 21.3. The average molecular weight is 1530 g/mol. The molecule has 0 saturated carbocycles. The van der Waals surface area contributed by atoms with Crippen molar-refractivity contribution in [3.63, 3.8) is 0 Å². The van der Waals surface area contributed by atoms with E-state index in [2.05, 4.69) is 0 Å². The van der Waals surface area contributed by atoms with E-state index in [0.29, 0.717) is 209 Å². The van der Waals surface area contributed by atoms with E-state index in [1.54, 1.807) is 27.7 Å². The molecule has 6 aliphatic rings. The van der Waals surface area contributed by atoms with Crippen LogP contribution in [0.25, 0.3) is 129 Å². The summed E-state index contributed by atoms with van der Waals surface area (Å²) in [6.07, 6.45) is 0. The molecule has 0 spiro atoms. The Kier molecular flexibility index (Phi) is 13.0. The molecule has 0 aromatic heterocycles. The minimum absolute atomic E-state index is 0.116. The molecule has 15 aromatic rings. The van der Waals surface area contributed by atoms with Crippen LogP contribution in [0.3, 0.4) is 0 Å². The number of rotatable bonds is 2. The highest BCUT2D eigenvalue weighted by atomic mass is 16.2. The van der Waals surface area contributed by atoms with Gasteiger partial charge in [0.1, 0.15) is 0 Å². The Morgan fingerprint density at radius 3 is 0.293 bits per heavy atom. The second-order valence-corrected chi connectivity index (χ2v) is 34.5. The smallest absolute Gasteiger partial charge is 0.277 e. The van der Waals surface area contributed by atoms with Crippen LogP contribution in [-0.2, 0) is 0 Å². The largest absolute Gasteiger partial charge is 0.281 e. The highest BCUT2D eigenvalue weighted by Crippen LogP contribution is 2.60. The van der Waals surface area contributed by atoms with Gasteiger partial charge < -0.3 is 0 Å². The minimum atomic E-state index is -0.885. The molecule has 12 amide bonds. The maximum absolute atomic E-state index is 16.5. The molecule has 0 bridgehead atoms. The van der Waals surface area contributed by atoms with E-state index < -0.39 is 70.9 Å². The summed E-state index contributed by atoms with van der Waals surface area (Å²) < 4.78 is 0. The summed E-state index contributed by atoms with van der Waals surface area (Å²) in [5, 5.41) is 18.6. The molecule has 0 atom stereocenters. The fourth-order valence-corrected chi connectivity index (χ4v) is 23.3. The molecule has 0 radical (unpaired) electrons. The molecule has 0 N–H and O–H groups in total. The Morgan fingerprint density at radius 1 is 0.112 bits per heavy atom. The van der Waals surface area contributed by atoms with Crippen molar-refractivity contribution in [1.82, 2.24) is 29.8 Å². The van der Waals surface area contributed by atoms with Crippen LogP contribution in [0.2, 0.25) is 0 Å². The maximum Gasteiger partial charge on any atom is 0.281 e. The van der Waals surface area contributed by atoms with Gasteiger partial charge in [-0.15, -0.1) is 0 Å². The van der Waals surface area contributed by atoms with Crippen LogP contribution in [0.5, 0.6) is 0 Å². The standard InChI is InChI=1S/C98H78N6O12/c1-27-39(13)63-81-64(88(106)99(25)87(63)105)40(14)28(2)52-56-32(6)44(18)68-83-67(43(17)31(5)55(77(56)83)51(27)75(52)81)91(109)101(92(68)110)103-95(113)71-47(21)35(9)59-61-37(11)49(23)73-86-74(50(24)38(12)62(80(61)86)60-36(10)48(22)72(96(103)114)85(71)79(59)60)98(116)104(97(73)115)102-93(111)69-45(19)33(7)57-53-29(3)41(15)65-82-66(90(108)100(26)89(65)107)42(16)30(4)54(76(53)82)58-34(8)46(20)70(94(102)112)84(69)78(57)58/h1-26H3. The van der Waals surface area contributed by atoms with Crippen molar-refractivity contribution in [3.8, 4) is 0 Å². The number of hydrazine groups is 2. The van der Waals surface area contributed by atoms with Crippen LogP contribution in [0.4, 0.5) is 0 Å². The highest BCUT2D eigenvalue weighted by Gasteiger charge is 2.54. The number of hydrogen-bond donors (Lipinski definition) is 0. The summed E-state index contributed by atoms with van der Waals surface area (Å²) in [7, 11) is 3.02. The lowest BCUT2D eigenvalue weighted by molar-refractivity contribution is 0.00197. The predicted molar refractivity (Wildman–Crippen MR) is 451 cm³/mol. The average Bonchev–Trinajstić information content (AvgIpc) is 0.667. The first kappa shape index (κ1) is 70.9. The summed E-state index contributed by atoms with van der Waals surface area (Å²) in [6, 6.07) is 0. The molecule has 0 fully saturated rings. The van der Waals surface area contributed by atoms with E-state index in [1.807, 2.05) is 138 Å². The van der Waals surface area contributed by atoms with Gasteiger partial charge in [0.25, 0.3) is 70.9 Å². The third-order valence-corrected chi connectivity index (χ3v) is 30.5. The molecule has 6 heterocycles. The number of carbonyl (C=O) groups excluding carboxylic acids is 12. The van der Waals surface area contributed by atoms with E-state index in [0.717, 1.165) is 96.2 Å². The van der Waals surface area contributed by atoms with Gasteiger partial charge in [0.2, 0.25) is 0 Å². The number of carbonyl (C=O) groups is 12. The molecule has 21 rings (SSSR count). The van der Waals surface area contributed by atoms with Crippen molar-refractivity contribution in [3.05, 3.63) is 200 Å². The van der Waals surface area contributed by atoms with Crippen molar-refractivity contribution in [1.29, 1.82) is 0 Å². The van der Waals surface area contributed by atoms with Crippen molar-refractivity contribution >= 4 is 200 Å². The normalized spacial score (nSPS) is 15.8. The van der Waals surface area contributed by atoms with Crippen LogP contribution >= 0.6 is 0 Å². The van der Waals surface area contributed by atoms with Crippen LogP contribution in [-0.4, -0.2) is 115 Å². The SMILES string of the molecule is Cc1c2c3c(c(C)c(C)c4c5c(C)c(C)c6c7c(c(C)c(C)c(c(c1C)c34)c75)C(=O)N(N1C(=O)c3c(C)c(C)c4c5c(C)c(C)c7c8c(c(C)c(C)c(c9c(C)c(C)c(c3c49)C1=O)c85)C(=O)N(N1C(=O)c3c(C)c(C)c4c5c(C)c(C)c8c9c(c(C)c(C)c(c%10c(C)c(C)c(c3c4%10)C1=O)c95)C(=O)N(C)C8=O)C7=O)C6=O)C(=O)N(C)C2=O. The molecule has 18 heteroatoms. The molecule has 0 saturated heterocycles. The summed E-state index contributed by atoms with van der Waals surface area (Å²) in [5.41, 5.74) is 18.2. The summed E-state index contributed by atoms with van der Waals surface area (Å²) >= 11 is 0. The number of benzene rings is 15. The van der Waals surface area contributed by atoms with Crippen LogP contribution in [0, 0.1) is 166 Å². The van der Waals surface area contributed by atoms with E-state index in [4.69, 9.17) is 0 Å². The first-order valence-electron chi connectivity index (χ1n) is 39.4. The zero-order valence-corrected chi connectivity index (χ0v) is 69.6. The van der Waals surface area contributed by atoms with Gasteiger partial charge in [0.15, 0.2) is 0 Å². The van der Waals surface area contributed by atoms with Crippen LogP contribution in [0.15, 0.2) is 0 Å². The zero-order valence-electron chi connectivity index (χ0n) is 69.6. The molecular weight excluding hydrogens is 1450 g/mol. The molecular formula is C98H78N6O12. The van der Waals surface area contributed by atoms with Crippen molar-refractivity contribution in [2.45, 2.75) is 166 Å². The monoisotopic (exact) mass is 1530 g/mol. The number of nitrogens with zero attached hydrogens (tertiary/aromatic N) is 6. The van der Waals surface area contributed by atoms with Crippen LogP contribution in [0.1, 0.15) is 258 Å². The number of hydrogen-bond acceptors (Lipinski definition) is 12. The number of amides is 12. The van der Waals surface area contributed by atoms with E-state index in [-0.39, 0.29) is 44.5 Å². The Hall–Kier alpha value is -13.0. The second-order valence-electron chi connectivity index (χ2n) is 34.5. The van der Waals surface area contributed by atoms with Gasteiger partial charge in [0.05, 0.1) is 66.8 Å². The lowest BCUT2D eigenvalue weighted by Crippen LogP contribution is -2.58. The number of imide groups is 6. The molecule has 18 nitrogen and oxygen atoms in total. The fourth-order valence-electron chi connectivity index (χ4n) is 23.3. The highest BCUT2D eigenvalue weighted by molar-refractivity contribution is 6.50. The van der Waals surface area contributed by atoms with Gasteiger partial charge >= 0.3 is 0 Å². The third kappa shape index (κ3) is 7.04. The van der Waals surface area contributed by atoms with Gasteiger partial charge in [-0.2, -0.15) is 20.0 Å². The Labute approximate surface area is 664 Å². The Morgan fingerprint density at radius 2 is 0.198 bits per heavy atom. The molecule has 116 heavy (non-hydrogen) atoms. The quantitative estimate of drug-likeness (QED) is 0.0895. The van der Waals surface area contributed by atoms with Gasteiger partial charge in [-0.25, -0.2) is 0 Å². The van der Waals surface area contributed by atoms with Gasteiger partial charge in [-0.3, -0.25) is 67.3 Å². The molecule has 15 aromatic carbocycles. The van der Waals surface area contributed by atoms with E-state index in [1.165, 1.54) is 23.9 Å². The topological polar surface area (TPSA) is 224 Å². The number of fused-ring (bicyclic) bond motifs is 6. The zero-order chi connectivity index (χ0) is 83.0. The van der Waals surface area contributed by atoms with Gasteiger partial charge in [-0.05, 0) is 397 Å². The fraction of sp³-hybridized carbons (Fsp3) is 0.265. The van der Waals surface area contributed by atoms with E-state index in [9.17, 15) is 19.2 Å². The third-order valence-electron chi connectivity index (χ3n) is 30.5. The maximum atomic E-state index is 16.5. The number of aryl methyl sites for hydroxylation is 12. The van der Waals surface area contributed by atoms with Crippen molar-refractivity contribution in [2.24, 2.45) is 0 Å². The van der Waals surface area contributed by atoms with Gasteiger partial charge in [-0.1, -0.05) is 0 Å².